The molecule has 258 valence electrons. The van der Waals surface area contributed by atoms with E-state index in [1.54, 1.807) is 6.92 Å². The number of nitrogens with zero attached hydrogens (tertiary/aromatic N) is 2. The number of ketones is 1. The molecule has 3 aromatic rings. The van der Waals surface area contributed by atoms with Crippen molar-refractivity contribution in [2.45, 2.75) is 63.8 Å². The molecule has 10 nitrogen and oxygen atoms in total. The Balaban J connectivity index is 0.000000459. The number of aromatic nitrogens is 2. The fourth-order valence-electron chi connectivity index (χ4n) is 4.63. The first-order valence-corrected chi connectivity index (χ1v) is 14.5. The van der Waals surface area contributed by atoms with Gasteiger partial charge >= 0.3 is 24.3 Å². The number of likely N-dealkylation sites (tertiary alicyclic amines) is 1. The maximum Gasteiger partial charge on any atom is 0.490 e. The number of carbonyl (C=O) groups excluding carboxylic acids is 2. The van der Waals surface area contributed by atoms with Crippen LogP contribution in [0.5, 0.6) is 0 Å². The van der Waals surface area contributed by atoms with Crippen LogP contribution in [0.3, 0.4) is 0 Å². The molecule has 0 spiro atoms. The van der Waals surface area contributed by atoms with Crippen LogP contribution >= 0.6 is 0 Å². The molecule has 47 heavy (non-hydrogen) atoms. The first kappa shape index (κ1) is 38.7. The molecule has 4 rings (SSSR count). The number of carboxylic acids is 2. The zero-order valence-electron chi connectivity index (χ0n) is 25.6. The second-order valence-electron chi connectivity index (χ2n) is 11.0. The van der Waals surface area contributed by atoms with Gasteiger partial charge in [0.05, 0.1) is 23.9 Å². The Bertz CT molecular complexity index is 1480. The summed E-state index contributed by atoms with van der Waals surface area (Å²) in [5.41, 5.74) is 2.03. The fourth-order valence-corrected chi connectivity index (χ4v) is 4.63. The van der Waals surface area contributed by atoms with E-state index in [0.29, 0.717) is 6.42 Å². The van der Waals surface area contributed by atoms with E-state index in [0.717, 1.165) is 62.3 Å². The van der Waals surface area contributed by atoms with Crippen molar-refractivity contribution in [3.05, 3.63) is 54.5 Å². The van der Waals surface area contributed by atoms with Crippen LogP contribution in [-0.2, 0) is 19.2 Å². The molecule has 2 atom stereocenters. The van der Waals surface area contributed by atoms with E-state index >= 15 is 0 Å². The van der Waals surface area contributed by atoms with Crippen molar-refractivity contribution < 1.29 is 55.7 Å². The highest BCUT2D eigenvalue weighted by molar-refractivity contribution is 5.86. The number of carbonyl (C=O) groups is 4. The normalized spacial score (nSPS) is 15.5. The molecule has 1 fully saturated rings. The monoisotopic (exact) mass is 674 g/mol. The topological polar surface area (TPSA) is 153 Å². The van der Waals surface area contributed by atoms with Gasteiger partial charge in [-0.15, -0.1) is 0 Å². The summed E-state index contributed by atoms with van der Waals surface area (Å²) in [6, 6.07) is 14.5. The van der Waals surface area contributed by atoms with E-state index in [2.05, 4.69) is 57.6 Å². The van der Waals surface area contributed by atoms with Gasteiger partial charge in [-0.1, -0.05) is 49.2 Å². The average molecular weight is 675 g/mol. The van der Waals surface area contributed by atoms with E-state index in [4.69, 9.17) is 19.8 Å². The maximum absolute atomic E-state index is 13.0. The van der Waals surface area contributed by atoms with Crippen molar-refractivity contribution in [1.82, 2.24) is 20.2 Å². The minimum absolute atomic E-state index is 0.0325. The van der Waals surface area contributed by atoms with E-state index in [9.17, 15) is 35.9 Å². The Kier molecular flexibility index (Phi) is 14.4. The number of halogens is 6. The van der Waals surface area contributed by atoms with E-state index in [-0.39, 0.29) is 23.7 Å². The van der Waals surface area contributed by atoms with Gasteiger partial charge in [-0.05, 0) is 56.6 Å². The van der Waals surface area contributed by atoms with Gasteiger partial charge in [0, 0.05) is 18.5 Å². The van der Waals surface area contributed by atoms with Crippen molar-refractivity contribution in [1.29, 1.82) is 0 Å². The number of carboxylic acid groups (broad SMARTS) is 2. The van der Waals surface area contributed by atoms with Gasteiger partial charge in [-0.2, -0.15) is 26.3 Å². The molecule has 1 aliphatic heterocycles. The minimum atomic E-state index is -5.08. The minimum Gasteiger partial charge on any atom is -0.475 e. The van der Waals surface area contributed by atoms with Crippen molar-refractivity contribution in [3.8, 4) is 11.3 Å². The van der Waals surface area contributed by atoms with Crippen molar-refractivity contribution in [3.63, 3.8) is 0 Å². The van der Waals surface area contributed by atoms with Crippen LogP contribution in [-0.4, -0.2) is 81.2 Å². The lowest BCUT2D eigenvalue weighted by Crippen LogP contribution is -2.35. The summed E-state index contributed by atoms with van der Waals surface area (Å²) >= 11 is 0. The van der Waals surface area contributed by atoms with E-state index < -0.39 is 24.3 Å². The summed E-state index contributed by atoms with van der Waals surface area (Å²) in [4.78, 5) is 52.3. The van der Waals surface area contributed by atoms with E-state index in [1.807, 2.05) is 18.3 Å². The molecule has 1 aliphatic rings. The zero-order valence-corrected chi connectivity index (χ0v) is 25.6. The van der Waals surface area contributed by atoms with Gasteiger partial charge in [0.1, 0.15) is 11.6 Å². The zero-order chi connectivity index (χ0) is 35.4. The lowest BCUT2D eigenvalue weighted by Gasteiger charge is -2.19. The molecular weight excluding hydrogens is 638 g/mol. The molecule has 0 saturated carbocycles. The number of unbranched alkanes of at least 4 members (excludes halogenated alkanes) is 2. The number of alkyl halides is 6. The number of aromatic amines is 1. The van der Waals surface area contributed by atoms with Gasteiger partial charge in [0.15, 0.2) is 0 Å². The number of fused-ring (bicyclic) bond motifs is 1. The van der Waals surface area contributed by atoms with Crippen LogP contribution in [0.2, 0.25) is 0 Å². The molecule has 0 radical (unpaired) electrons. The smallest absolute Gasteiger partial charge is 0.475 e. The quantitative estimate of drug-likeness (QED) is 0.148. The molecule has 1 aromatic heterocycles. The number of benzene rings is 2. The average Bonchev–Trinajstić information content (AvgIpc) is 3.65. The summed E-state index contributed by atoms with van der Waals surface area (Å²) in [5.74, 6) is -4.34. The molecule has 0 unspecified atom stereocenters. The van der Waals surface area contributed by atoms with Gasteiger partial charge in [-0.25, -0.2) is 14.6 Å². The highest BCUT2D eigenvalue weighted by atomic mass is 19.4. The number of rotatable bonds is 10. The molecule has 16 heteroatoms. The third-order valence-corrected chi connectivity index (χ3v) is 7.07. The van der Waals surface area contributed by atoms with Crippen molar-refractivity contribution >= 4 is 34.4 Å². The van der Waals surface area contributed by atoms with Crippen LogP contribution in [0.4, 0.5) is 26.3 Å². The number of Topliss-reactive ketones (excluding diaryl/α,β-unsaturated/α-hetero) is 1. The summed E-state index contributed by atoms with van der Waals surface area (Å²) in [6.07, 6.45) is -3.18. The lowest BCUT2D eigenvalue weighted by atomic mass is 10.0. The third-order valence-electron chi connectivity index (χ3n) is 7.07. The summed E-state index contributed by atoms with van der Waals surface area (Å²) in [6.45, 7) is 3.40. The number of amides is 1. The first-order valence-electron chi connectivity index (χ1n) is 14.5. The molecule has 2 aromatic carbocycles. The highest BCUT2D eigenvalue weighted by Crippen LogP contribution is 2.26. The molecule has 1 saturated heterocycles. The number of hydrogen-bond donors (Lipinski definition) is 4. The van der Waals surface area contributed by atoms with Crippen LogP contribution in [0.1, 0.15) is 57.3 Å². The second kappa shape index (κ2) is 17.4. The maximum atomic E-state index is 13.0. The number of imidazole rings is 1. The van der Waals surface area contributed by atoms with Crippen LogP contribution in [0.15, 0.2) is 48.7 Å². The Morgan fingerprint density at radius 2 is 1.55 bits per heavy atom. The van der Waals surface area contributed by atoms with Gasteiger partial charge in [0.2, 0.25) is 5.91 Å². The number of nitrogens with one attached hydrogen (secondary N) is 2. The number of hydrogen-bond acceptors (Lipinski definition) is 6. The predicted molar refractivity (Wildman–Crippen MR) is 159 cm³/mol. The standard InChI is InChI=1S/C27H34N4O2.2C2HF3O2/c1-19(32)8-4-3-5-11-24(30-27(33)23-14-15-31(2)18-23)26-28-17-25(29-26)22-13-12-20-9-6-7-10-21(20)16-22;2*3-2(4,5)1(6)7/h6-7,9-10,12-13,16-17,23-24H,3-5,8,11,14-15,18H2,1-2H3,(H,28,29)(H,30,33);2*(H,6,7)/t23-,24-;;/m0../s1. The molecule has 2 heterocycles. The SMILES string of the molecule is CC(=O)CCCCC[C@H](NC(=O)[C@H]1CCN(C)C1)c1ncc(-c2ccc3ccccc3c2)[nH]1.O=C(O)C(F)(F)F.O=C(O)C(F)(F)F. The van der Waals surface area contributed by atoms with Crippen molar-refractivity contribution in [2.75, 3.05) is 20.1 Å². The molecule has 0 bridgehead atoms. The lowest BCUT2D eigenvalue weighted by molar-refractivity contribution is -0.193. The fraction of sp³-hybridized carbons (Fsp3) is 0.452. The Labute approximate surface area is 266 Å². The first-order chi connectivity index (χ1) is 21.9. The molecule has 1 amide bonds. The van der Waals surface area contributed by atoms with E-state index in [1.165, 1.54) is 10.8 Å². The Morgan fingerprint density at radius 3 is 2.09 bits per heavy atom. The second-order valence-corrected chi connectivity index (χ2v) is 11.0. The van der Waals surface area contributed by atoms with Crippen LogP contribution in [0, 0.1) is 5.92 Å². The molecule has 4 N–H and O–H groups in total. The predicted octanol–water partition coefficient (Wildman–Crippen LogP) is 6.15. The Hall–Kier alpha value is -4.47. The highest BCUT2D eigenvalue weighted by Gasteiger charge is 2.39. The largest absolute Gasteiger partial charge is 0.490 e. The Morgan fingerprint density at radius 1 is 0.957 bits per heavy atom. The third kappa shape index (κ3) is 13.4. The van der Waals surface area contributed by atoms with Crippen molar-refractivity contribution in [2.24, 2.45) is 5.92 Å². The summed E-state index contributed by atoms with van der Waals surface area (Å²) < 4.78 is 63.5. The number of aliphatic carboxylic acids is 2. The number of H-pyrrole nitrogens is 1. The molecular formula is C31H36F6N4O6. The van der Waals surface area contributed by atoms with Crippen LogP contribution < -0.4 is 5.32 Å². The van der Waals surface area contributed by atoms with Gasteiger partial charge in [-0.3, -0.25) is 4.79 Å². The van der Waals surface area contributed by atoms with Gasteiger partial charge < -0.3 is 30.2 Å². The molecule has 0 aliphatic carbocycles. The summed E-state index contributed by atoms with van der Waals surface area (Å²) in [5, 5.41) is 19.9. The van der Waals surface area contributed by atoms with Gasteiger partial charge in [0.25, 0.3) is 0 Å². The summed E-state index contributed by atoms with van der Waals surface area (Å²) in [7, 11) is 2.06. The van der Waals surface area contributed by atoms with Crippen LogP contribution in [0.25, 0.3) is 22.0 Å².